The number of hydrogen-bond donors (Lipinski definition) is 0. The number of likely N-dealkylation sites (tertiary alicyclic amines) is 1. The molecule has 1 aromatic heterocycles. The highest BCUT2D eigenvalue weighted by molar-refractivity contribution is 5.95. The molecule has 1 saturated heterocycles. The van der Waals surface area contributed by atoms with Crippen molar-refractivity contribution in [2.45, 2.75) is 57.5 Å². The largest absolute Gasteiger partial charge is 0.334 e. The molecule has 2 heterocycles. The molecule has 5 nitrogen and oxygen atoms in total. The van der Waals surface area contributed by atoms with E-state index >= 15 is 0 Å². The fourth-order valence-electron chi connectivity index (χ4n) is 4.25. The van der Waals surface area contributed by atoms with E-state index < -0.39 is 23.1 Å². The summed E-state index contributed by atoms with van der Waals surface area (Å²) < 4.78 is 29.5. The van der Waals surface area contributed by atoms with Gasteiger partial charge in [-0.3, -0.25) is 9.59 Å². The molecule has 28 heavy (non-hydrogen) atoms. The molecule has 1 atom stereocenters. The van der Waals surface area contributed by atoms with Crippen molar-refractivity contribution in [2.24, 2.45) is 0 Å². The third-order valence-electron chi connectivity index (χ3n) is 5.72. The number of nitrogens with zero attached hydrogens (tertiary/aromatic N) is 3. The summed E-state index contributed by atoms with van der Waals surface area (Å²) in [6.07, 6.45) is 6.38. The average molecular weight is 387 g/mol. The van der Waals surface area contributed by atoms with Gasteiger partial charge in [-0.15, -0.1) is 0 Å². The van der Waals surface area contributed by atoms with Crippen LogP contribution in [-0.4, -0.2) is 33.2 Å². The third kappa shape index (κ3) is 3.57. The number of rotatable bonds is 3. The second-order valence-corrected chi connectivity index (χ2v) is 7.59. The van der Waals surface area contributed by atoms with Crippen LogP contribution in [0.2, 0.25) is 0 Å². The summed E-state index contributed by atoms with van der Waals surface area (Å²) in [5, 5.41) is 4.56. The summed E-state index contributed by atoms with van der Waals surface area (Å²) in [7, 11) is 0. The van der Waals surface area contributed by atoms with Gasteiger partial charge in [0, 0.05) is 12.6 Å². The smallest absolute Gasteiger partial charge is 0.267 e. The van der Waals surface area contributed by atoms with E-state index in [0.29, 0.717) is 13.0 Å². The van der Waals surface area contributed by atoms with E-state index in [1.165, 1.54) is 15.6 Å². The number of carbonyl (C=O) groups excluding carboxylic acids is 1. The molecule has 0 spiro atoms. The van der Waals surface area contributed by atoms with Crippen LogP contribution < -0.4 is 5.56 Å². The lowest BCUT2D eigenvalue weighted by atomic mass is 10.1. The van der Waals surface area contributed by atoms with Gasteiger partial charge in [-0.05, 0) is 56.2 Å². The molecule has 0 unspecified atom stereocenters. The van der Waals surface area contributed by atoms with Crippen LogP contribution >= 0.6 is 0 Å². The van der Waals surface area contributed by atoms with Crippen LogP contribution in [0.3, 0.4) is 0 Å². The Kier molecular flexibility index (Phi) is 5.24. The highest BCUT2D eigenvalue weighted by atomic mass is 19.1. The van der Waals surface area contributed by atoms with Crippen LogP contribution in [0.4, 0.5) is 8.78 Å². The molecular weight excluding hydrogens is 364 g/mol. The van der Waals surface area contributed by atoms with Gasteiger partial charge in [0.15, 0.2) is 0 Å². The van der Waals surface area contributed by atoms with E-state index in [0.717, 1.165) is 61.9 Å². The Hall–Kier alpha value is -2.57. The number of aromatic nitrogens is 2. The first kappa shape index (κ1) is 18.8. The summed E-state index contributed by atoms with van der Waals surface area (Å²) in [5.41, 5.74) is 1.26. The van der Waals surface area contributed by atoms with E-state index in [4.69, 9.17) is 0 Å². The van der Waals surface area contributed by atoms with Gasteiger partial charge in [-0.2, -0.15) is 5.10 Å². The molecule has 1 aliphatic heterocycles. The second-order valence-electron chi connectivity index (χ2n) is 7.59. The first-order chi connectivity index (χ1) is 13.5. The summed E-state index contributed by atoms with van der Waals surface area (Å²) in [6.45, 7) is 0.658. The predicted molar refractivity (Wildman–Crippen MR) is 100 cm³/mol. The molecule has 7 heteroatoms. The molecule has 0 N–H and O–H groups in total. The van der Waals surface area contributed by atoms with Crippen LogP contribution in [0.25, 0.3) is 0 Å². The molecule has 1 amide bonds. The van der Waals surface area contributed by atoms with Crippen molar-refractivity contribution >= 4 is 5.91 Å². The van der Waals surface area contributed by atoms with E-state index in [1.807, 2.05) is 0 Å². The number of carbonyl (C=O) groups is 1. The van der Waals surface area contributed by atoms with Crippen LogP contribution in [0, 0.1) is 11.6 Å². The third-order valence-corrected chi connectivity index (χ3v) is 5.72. The summed E-state index contributed by atoms with van der Waals surface area (Å²) in [6, 6.07) is 4.76. The zero-order valence-corrected chi connectivity index (χ0v) is 15.7. The maximum absolute atomic E-state index is 14.0. The molecule has 2 aromatic rings. The molecule has 1 aromatic carbocycles. The van der Waals surface area contributed by atoms with Gasteiger partial charge >= 0.3 is 0 Å². The lowest BCUT2D eigenvalue weighted by molar-refractivity contribution is 0.0710. The maximum atomic E-state index is 14.0. The predicted octanol–water partition coefficient (Wildman–Crippen LogP) is 3.10. The zero-order chi connectivity index (χ0) is 19.7. The fraction of sp³-hybridized carbons (Fsp3) is 0.476. The van der Waals surface area contributed by atoms with Gasteiger partial charge in [-0.25, -0.2) is 13.5 Å². The minimum absolute atomic E-state index is 0.183. The van der Waals surface area contributed by atoms with Gasteiger partial charge in [-0.1, -0.05) is 12.5 Å². The maximum Gasteiger partial charge on any atom is 0.267 e. The van der Waals surface area contributed by atoms with Crippen molar-refractivity contribution in [1.82, 2.24) is 14.7 Å². The topological polar surface area (TPSA) is 55.2 Å². The Morgan fingerprint density at radius 1 is 1.11 bits per heavy atom. The number of benzene rings is 1. The Balaban J connectivity index is 1.59. The van der Waals surface area contributed by atoms with Crippen molar-refractivity contribution in [3.63, 3.8) is 0 Å². The SMILES string of the molecule is O=C(c1c(F)cccc1F)N1CCC[C@H]1Cn1nc2c(cc1=O)CCCCC2. The minimum atomic E-state index is -0.865. The molecular formula is C21H23F2N3O2. The summed E-state index contributed by atoms with van der Waals surface area (Å²) >= 11 is 0. The summed E-state index contributed by atoms with van der Waals surface area (Å²) in [5.74, 6) is -2.40. The highest BCUT2D eigenvalue weighted by Crippen LogP contribution is 2.24. The Labute approximate surface area is 162 Å². The van der Waals surface area contributed by atoms with Crippen molar-refractivity contribution in [2.75, 3.05) is 6.54 Å². The number of hydrogen-bond acceptors (Lipinski definition) is 3. The molecule has 4 rings (SSSR count). The number of amides is 1. The van der Waals surface area contributed by atoms with E-state index in [2.05, 4.69) is 5.10 Å². The molecule has 148 valence electrons. The standard InChI is InChI=1S/C21H23F2N3O2/c22-16-8-4-9-17(23)20(16)21(28)25-11-5-7-15(25)13-26-19(27)12-14-6-2-1-3-10-18(14)24-26/h4,8-9,12,15H,1-3,5-7,10-11,13H2/t15-/m0/s1. The highest BCUT2D eigenvalue weighted by Gasteiger charge is 2.33. The molecule has 1 fully saturated rings. The Bertz CT molecular complexity index is 937. The van der Waals surface area contributed by atoms with Crippen molar-refractivity contribution in [1.29, 1.82) is 0 Å². The van der Waals surface area contributed by atoms with Crippen molar-refractivity contribution in [3.8, 4) is 0 Å². The van der Waals surface area contributed by atoms with E-state index in [1.54, 1.807) is 6.07 Å². The lowest BCUT2D eigenvalue weighted by Gasteiger charge is -2.25. The van der Waals surface area contributed by atoms with Gasteiger partial charge in [0.25, 0.3) is 11.5 Å². The lowest BCUT2D eigenvalue weighted by Crippen LogP contribution is -2.41. The van der Waals surface area contributed by atoms with Crippen molar-refractivity contribution < 1.29 is 13.6 Å². The van der Waals surface area contributed by atoms with Crippen LogP contribution in [0.15, 0.2) is 29.1 Å². The van der Waals surface area contributed by atoms with E-state index in [-0.39, 0.29) is 18.1 Å². The van der Waals surface area contributed by atoms with Gasteiger partial charge < -0.3 is 4.90 Å². The first-order valence-electron chi connectivity index (χ1n) is 9.89. The van der Waals surface area contributed by atoms with Crippen LogP contribution in [0.5, 0.6) is 0 Å². The number of aryl methyl sites for hydroxylation is 2. The fourth-order valence-corrected chi connectivity index (χ4v) is 4.25. The summed E-state index contributed by atoms with van der Waals surface area (Å²) in [4.78, 5) is 26.8. The minimum Gasteiger partial charge on any atom is -0.334 e. The zero-order valence-electron chi connectivity index (χ0n) is 15.7. The van der Waals surface area contributed by atoms with E-state index in [9.17, 15) is 18.4 Å². The molecule has 0 saturated carbocycles. The molecule has 1 aliphatic carbocycles. The normalized spacial score (nSPS) is 19.4. The Morgan fingerprint density at radius 3 is 2.64 bits per heavy atom. The number of halogens is 2. The van der Waals surface area contributed by atoms with Crippen molar-refractivity contribution in [3.05, 3.63) is 63.1 Å². The van der Waals surface area contributed by atoms with Gasteiger partial charge in [0.05, 0.1) is 18.3 Å². The number of fused-ring (bicyclic) bond motifs is 1. The molecule has 2 aliphatic rings. The van der Waals surface area contributed by atoms with Crippen LogP contribution in [-0.2, 0) is 19.4 Å². The average Bonchev–Trinajstić information content (AvgIpc) is 3.00. The second kappa shape index (κ2) is 7.81. The Morgan fingerprint density at radius 2 is 1.86 bits per heavy atom. The van der Waals surface area contributed by atoms with Gasteiger partial charge in [0.1, 0.15) is 17.2 Å². The quantitative estimate of drug-likeness (QED) is 0.761. The first-order valence-corrected chi connectivity index (χ1v) is 9.89. The van der Waals surface area contributed by atoms with Crippen LogP contribution in [0.1, 0.15) is 53.7 Å². The molecule has 0 radical (unpaired) electrons. The van der Waals surface area contributed by atoms with Gasteiger partial charge in [0.2, 0.25) is 0 Å². The molecule has 0 bridgehead atoms. The monoisotopic (exact) mass is 387 g/mol.